The van der Waals surface area contributed by atoms with E-state index in [-0.39, 0.29) is 18.2 Å². The second-order valence-electron chi connectivity index (χ2n) is 5.83. The smallest absolute Gasteiger partial charge is 0.337 e. The summed E-state index contributed by atoms with van der Waals surface area (Å²) in [4.78, 5) is 48.3. The van der Waals surface area contributed by atoms with Gasteiger partial charge in [-0.25, -0.2) is 4.79 Å². The predicted molar refractivity (Wildman–Crippen MR) is 101 cm³/mol. The summed E-state index contributed by atoms with van der Waals surface area (Å²) in [6, 6.07) is 12.7. The van der Waals surface area contributed by atoms with Gasteiger partial charge in [0.15, 0.2) is 5.78 Å². The van der Waals surface area contributed by atoms with Gasteiger partial charge in [-0.3, -0.25) is 14.4 Å². The highest BCUT2D eigenvalue weighted by Gasteiger charge is 2.16. The zero-order valence-corrected chi connectivity index (χ0v) is 15.3. The molecule has 27 heavy (non-hydrogen) atoms. The maximum atomic E-state index is 12.3. The minimum atomic E-state index is -0.468. The molecule has 0 aliphatic rings. The summed E-state index contributed by atoms with van der Waals surface area (Å²) in [6.45, 7) is 2.63. The van der Waals surface area contributed by atoms with Crippen LogP contribution in [0.25, 0.3) is 0 Å². The van der Waals surface area contributed by atoms with E-state index in [4.69, 9.17) is 0 Å². The Morgan fingerprint density at radius 2 is 1.44 bits per heavy atom. The molecule has 0 fully saturated rings. The number of amides is 2. The molecule has 0 unspecified atom stereocenters. The third-order valence-corrected chi connectivity index (χ3v) is 3.86. The van der Waals surface area contributed by atoms with Crippen molar-refractivity contribution in [3.8, 4) is 0 Å². The van der Waals surface area contributed by atoms with Crippen LogP contribution in [0.1, 0.15) is 34.6 Å². The monoisotopic (exact) mass is 368 g/mol. The van der Waals surface area contributed by atoms with Crippen molar-refractivity contribution in [3.63, 3.8) is 0 Å². The van der Waals surface area contributed by atoms with Crippen LogP contribution in [-0.2, 0) is 14.3 Å². The lowest BCUT2D eigenvalue weighted by Crippen LogP contribution is -2.36. The van der Waals surface area contributed by atoms with Crippen LogP contribution in [0.4, 0.5) is 11.4 Å². The largest absolute Gasteiger partial charge is 0.465 e. The molecule has 1 N–H and O–H groups in total. The lowest BCUT2D eigenvalue weighted by atomic mass is 10.1. The first kappa shape index (κ1) is 19.8. The van der Waals surface area contributed by atoms with Crippen LogP contribution in [0, 0.1) is 0 Å². The number of esters is 1. The van der Waals surface area contributed by atoms with Crippen LogP contribution < -0.4 is 10.2 Å². The highest BCUT2D eigenvalue weighted by Crippen LogP contribution is 2.17. The molecule has 0 saturated heterocycles. The number of nitrogens with one attached hydrogen (secondary N) is 1. The Kier molecular flexibility index (Phi) is 6.43. The number of ketones is 1. The summed E-state index contributed by atoms with van der Waals surface area (Å²) >= 11 is 0. The average molecular weight is 368 g/mol. The Hall–Kier alpha value is -3.48. The van der Waals surface area contributed by atoms with Crippen LogP contribution in [0.15, 0.2) is 48.5 Å². The fourth-order valence-electron chi connectivity index (χ4n) is 2.41. The fraction of sp³-hybridized carbons (Fsp3) is 0.200. The highest BCUT2D eigenvalue weighted by atomic mass is 16.5. The Balaban J connectivity index is 2.07. The van der Waals surface area contributed by atoms with Gasteiger partial charge in [0.2, 0.25) is 11.8 Å². The Bertz CT molecular complexity index is 857. The average Bonchev–Trinajstić information content (AvgIpc) is 2.66. The highest BCUT2D eigenvalue weighted by molar-refractivity contribution is 6.02. The number of rotatable bonds is 6. The summed E-state index contributed by atoms with van der Waals surface area (Å²) < 4.78 is 4.62. The Morgan fingerprint density at radius 3 is 1.93 bits per heavy atom. The SMILES string of the molecule is COC(=O)c1ccc(NC(=O)CN(C(C)=O)c2ccc(C(C)=O)cc2)cc1. The topological polar surface area (TPSA) is 92.8 Å². The maximum Gasteiger partial charge on any atom is 0.337 e. The van der Waals surface area contributed by atoms with Gasteiger partial charge in [0.1, 0.15) is 6.54 Å². The van der Waals surface area contributed by atoms with Gasteiger partial charge in [-0.1, -0.05) is 0 Å². The van der Waals surface area contributed by atoms with Gasteiger partial charge in [-0.15, -0.1) is 0 Å². The molecular weight excluding hydrogens is 348 g/mol. The van der Waals surface area contributed by atoms with Gasteiger partial charge < -0.3 is 15.0 Å². The van der Waals surface area contributed by atoms with E-state index in [2.05, 4.69) is 10.1 Å². The first-order valence-electron chi connectivity index (χ1n) is 8.19. The number of hydrogen-bond acceptors (Lipinski definition) is 5. The number of Topliss-reactive ketones (excluding diaryl/α,β-unsaturated/α-hetero) is 1. The summed E-state index contributed by atoms with van der Waals surface area (Å²) in [5.41, 5.74) is 1.90. The quantitative estimate of drug-likeness (QED) is 0.625. The van der Waals surface area contributed by atoms with E-state index in [9.17, 15) is 19.2 Å². The van der Waals surface area contributed by atoms with Crippen molar-refractivity contribution in [2.75, 3.05) is 23.9 Å². The van der Waals surface area contributed by atoms with Crippen molar-refractivity contribution in [1.29, 1.82) is 0 Å². The molecule has 0 bridgehead atoms. The molecule has 0 heterocycles. The second kappa shape index (κ2) is 8.75. The van der Waals surface area contributed by atoms with Gasteiger partial charge in [0.05, 0.1) is 12.7 Å². The summed E-state index contributed by atoms with van der Waals surface area (Å²) in [7, 11) is 1.29. The van der Waals surface area contributed by atoms with Crippen LogP contribution in [0.5, 0.6) is 0 Å². The zero-order chi connectivity index (χ0) is 20.0. The van der Waals surface area contributed by atoms with E-state index in [1.165, 1.54) is 38.0 Å². The van der Waals surface area contributed by atoms with Crippen LogP contribution >= 0.6 is 0 Å². The molecule has 0 spiro atoms. The minimum Gasteiger partial charge on any atom is -0.465 e. The van der Waals surface area contributed by atoms with Crippen molar-refractivity contribution in [1.82, 2.24) is 0 Å². The molecule has 2 amide bonds. The summed E-state index contributed by atoms with van der Waals surface area (Å²) in [5.74, 6) is -1.25. The van der Waals surface area contributed by atoms with Gasteiger partial charge in [0, 0.05) is 23.9 Å². The summed E-state index contributed by atoms with van der Waals surface area (Å²) in [5, 5.41) is 2.67. The zero-order valence-electron chi connectivity index (χ0n) is 15.3. The van der Waals surface area contributed by atoms with Crippen LogP contribution in [-0.4, -0.2) is 37.2 Å². The number of hydrogen-bond donors (Lipinski definition) is 1. The van der Waals surface area contributed by atoms with Gasteiger partial charge in [-0.2, -0.15) is 0 Å². The van der Waals surface area contributed by atoms with E-state index < -0.39 is 11.9 Å². The Labute approximate surface area is 156 Å². The molecular formula is C20H20N2O5. The number of ether oxygens (including phenoxy) is 1. The number of anilines is 2. The van der Waals surface area contributed by atoms with Crippen LogP contribution in [0.2, 0.25) is 0 Å². The van der Waals surface area contributed by atoms with E-state index in [1.807, 2.05) is 0 Å². The fourth-order valence-corrected chi connectivity index (χ4v) is 2.41. The van der Waals surface area contributed by atoms with E-state index in [1.54, 1.807) is 36.4 Å². The number of nitrogens with zero attached hydrogens (tertiary/aromatic N) is 1. The van der Waals surface area contributed by atoms with E-state index in [0.717, 1.165) is 0 Å². The molecule has 2 rings (SSSR count). The molecule has 0 radical (unpaired) electrons. The van der Waals surface area contributed by atoms with Crippen molar-refractivity contribution >= 4 is 34.9 Å². The van der Waals surface area contributed by atoms with E-state index in [0.29, 0.717) is 22.5 Å². The first-order chi connectivity index (χ1) is 12.8. The second-order valence-corrected chi connectivity index (χ2v) is 5.83. The molecule has 0 saturated carbocycles. The third-order valence-electron chi connectivity index (χ3n) is 3.86. The number of benzene rings is 2. The van der Waals surface area contributed by atoms with Crippen LogP contribution in [0.3, 0.4) is 0 Å². The lowest BCUT2D eigenvalue weighted by Gasteiger charge is -2.21. The molecule has 7 heteroatoms. The van der Waals surface area contributed by atoms with Crippen molar-refractivity contribution in [2.45, 2.75) is 13.8 Å². The summed E-state index contributed by atoms with van der Waals surface area (Å²) in [6.07, 6.45) is 0. The molecule has 0 aliphatic carbocycles. The molecule has 7 nitrogen and oxygen atoms in total. The molecule has 0 atom stereocenters. The third kappa shape index (κ3) is 5.24. The van der Waals surface area contributed by atoms with Gasteiger partial charge >= 0.3 is 5.97 Å². The molecule has 2 aromatic rings. The Morgan fingerprint density at radius 1 is 0.889 bits per heavy atom. The number of carbonyl (C=O) groups is 4. The molecule has 140 valence electrons. The van der Waals surface area contributed by atoms with Gasteiger partial charge in [-0.05, 0) is 55.5 Å². The predicted octanol–water partition coefficient (Wildman–Crippen LogP) is 2.67. The molecule has 2 aromatic carbocycles. The van der Waals surface area contributed by atoms with Crippen molar-refractivity contribution in [2.24, 2.45) is 0 Å². The van der Waals surface area contributed by atoms with Crippen molar-refractivity contribution < 1.29 is 23.9 Å². The molecule has 0 aliphatic heterocycles. The number of carbonyl (C=O) groups excluding carboxylic acids is 4. The van der Waals surface area contributed by atoms with Crippen molar-refractivity contribution in [3.05, 3.63) is 59.7 Å². The van der Waals surface area contributed by atoms with E-state index >= 15 is 0 Å². The normalized spacial score (nSPS) is 10.0. The first-order valence-corrected chi connectivity index (χ1v) is 8.19. The minimum absolute atomic E-state index is 0.0796. The number of methoxy groups -OCH3 is 1. The molecule has 0 aromatic heterocycles. The lowest BCUT2D eigenvalue weighted by molar-refractivity contribution is -0.120. The maximum absolute atomic E-state index is 12.3. The van der Waals surface area contributed by atoms with Gasteiger partial charge in [0.25, 0.3) is 0 Å². The standard InChI is InChI=1S/C20H20N2O5/c1-13(23)15-6-10-18(11-7-15)22(14(2)24)12-19(25)21-17-8-4-16(5-9-17)20(26)27-3/h4-11H,12H2,1-3H3,(H,21,25).